The number of halogens is 1. The lowest BCUT2D eigenvalue weighted by Gasteiger charge is -2.30. The number of sulfonamides is 1. The summed E-state index contributed by atoms with van der Waals surface area (Å²) in [7, 11) is -3.86. The number of hydrogen-bond donors (Lipinski definition) is 0. The summed E-state index contributed by atoms with van der Waals surface area (Å²) in [6.45, 7) is 2.70. The van der Waals surface area contributed by atoms with Crippen molar-refractivity contribution in [3.05, 3.63) is 95.3 Å². The van der Waals surface area contributed by atoms with Crippen molar-refractivity contribution >= 4 is 27.7 Å². The van der Waals surface area contributed by atoms with Crippen LogP contribution in [0.1, 0.15) is 36.9 Å². The van der Waals surface area contributed by atoms with Crippen molar-refractivity contribution in [2.24, 2.45) is 0 Å². The van der Waals surface area contributed by atoms with Gasteiger partial charge in [0.15, 0.2) is 0 Å². The molecule has 35 heavy (non-hydrogen) atoms. The van der Waals surface area contributed by atoms with E-state index in [1.807, 2.05) is 49.4 Å². The highest BCUT2D eigenvalue weighted by Gasteiger charge is 2.43. The topological polar surface area (TPSA) is 79.8 Å². The largest absolute Gasteiger partial charge is 0.448 e. The number of aromatic nitrogens is 1. The molecule has 1 unspecified atom stereocenters. The zero-order valence-corrected chi connectivity index (χ0v) is 21.0. The fourth-order valence-electron chi connectivity index (χ4n) is 4.37. The molecule has 1 aliphatic rings. The number of nitrogens with zero attached hydrogens (tertiary/aromatic N) is 3. The summed E-state index contributed by atoms with van der Waals surface area (Å²) in [5.41, 5.74) is 1.85. The highest BCUT2D eigenvalue weighted by atomic mass is 35.5. The van der Waals surface area contributed by atoms with Crippen LogP contribution in [0.4, 0.5) is 4.79 Å². The maximum absolute atomic E-state index is 13.7. The maximum atomic E-state index is 13.7. The van der Waals surface area contributed by atoms with Crippen molar-refractivity contribution in [1.29, 1.82) is 0 Å². The molecule has 0 N–H and O–H groups in total. The van der Waals surface area contributed by atoms with E-state index in [1.54, 1.807) is 29.4 Å². The Morgan fingerprint density at radius 3 is 2.40 bits per heavy atom. The normalized spacial score (nSPS) is 18.3. The second kappa shape index (κ2) is 11.2. The average Bonchev–Trinajstić information content (AvgIpc) is 3.32. The van der Waals surface area contributed by atoms with Gasteiger partial charge in [0.25, 0.3) is 0 Å². The van der Waals surface area contributed by atoms with Crippen LogP contribution in [-0.4, -0.2) is 47.9 Å². The molecule has 9 heteroatoms. The van der Waals surface area contributed by atoms with Crippen LogP contribution in [0.3, 0.4) is 0 Å². The zero-order chi connectivity index (χ0) is 24.8. The van der Waals surface area contributed by atoms with Crippen LogP contribution < -0.4 is 0 Å². The van der Waals surface area contributed by atoms with Crippen LogP contribution in [0, 0.1) is 0 Å². The summed E-state index contributed by atoms with van der Waals surface area (Å²) in [6.07, 6.45) is 4.09. The smallest absolute Gasteiger partial charge is 0.410 e. The average molecular weight is 514 g/mol. The summed E-state index contributed by atoms with van der Waals surface area (Å²) in [6, 6.07) is 18.6. The zero-order valence-electron chi connectivity index (χ0n) is 19.5. The van der Waals surface area contributed by atoms with Crippen molar-refractivity contribution in [2.45, 2.75) is 43.3 Å². The van der Waals surface area contributed by atoms with Crippen molar-refractivity contribution < 1.29 is 17.9 Å². The maximum Gasteiger partial charge on any atom is 0.410 e. The minimum absolute atomic E-state index is 0.0260. The van der Waals surface area contributed by atoms with Crippen LogP contribution >= 0.6 is 11.6 Å². The molecule has 1 aliphatic heterocycles. The monoisotopic (exact) mass is 513 g/mol. The van der Waals surface area contributed by atoms with Crippen LogP contribution in [0.2, 0.25) is 5.02 Å². The number of amides is 1. The number of rotatable bonds is 8. The molecule has 1 aromatic heterocycles. The molecule has 2 atom stereocenters. The van der Waals surface area contributed by atoms with E-state index in [2.05, 4.69) is 4.98 Å². The van der Waals surface area contributed by atoms with E-state index in [1.165, 1.54) is 16.4 Å². The van der Waals surface area contributed by atoms with E-state index in [4.69, 9.17) is 16.3 Å². The quantitative estimate of drug-likeness (QED) is 0.409. The fourth-order valence-corrected chi connectivity index (χ4v) is 6.34. The van der Waals surface area contributed by atoms with Gasteiger partial charge in [-0.05, 0) is 67.3 Å². The van der Waals surface area contributed by atoms with Gasteiger partial charge in [-0.15, -0.1) is 0 Å². The van der Waals surface area contributed by atoms with Crippen molar-refractivity contribution in [2.75, 3.05) is 13.2 Å². The van der Waals surface area contributed by atoms with Crippen molar-refractivity contribution in [3.63, 3.8) is 0 Å². The fraction of sp³-hybridized carbons (Fsp3) is 0.308. The molecule has 1 saturated heterocycles. The highest BCUT2D eigenvalue weighted by Crippen LogP contribution is 2.40. The van der Waals surface area contributed by atoms with E-state index >= 15 is 0 Å². The highest BCUT2D eigenvalue weighted by molar-refractivity contribution is 7.89. The Labute approximate surface area is 211 Å². The molecule has 7 nitrogen and oxygen atoms in total. The third kappa shape index (κ3) is 5.83. The van der Waals surface area contributed by atoms with Gasteiger partial charge < -0.3 is 9.64 Å². The second-order valence-corrected chi connectivity index (χ2v) is 10.7. The van der Waals surface area contributed by atoms with E-state index in [-0.39, 0.29) is 17.5 Å². The summed E-state index contributed by atoms with van der Waals surface area (Å²) >= 11 is 5.99. The lowest BCUT2D eigenvalue weighted by molar-refractivity contribution is 0.0843. The number of ether oxygens (including phenoxy) is 1. The first-order chi connectivity index (χ1) is 16.9. The van der Waals surface area contributed by atoms with Gasteiger partial charge in [0.1, 0.15) is 6.61 Å². The first kappa shape index (κ1) is 25.2. The van der Waals surface area contributed by atoms with Crippen LogP contribution in [0.25, 0.3) is 0 Å². The number of carbonyl (C=O) groups excluding carboxylic acids is 1. The van der Waals surface area contributed by atoms with E-state index < -0.39 is 22.2 Å². The molecular weight excluding hydrogens is 486 g/mol. The lowest BCUT2D eigenvalue weighted by Crippen LogP contribution is -2.41. The summed E-state index contributed by atoms with van der Waals surface area (Å²) in [5.74, 6) is 0. The van der Waals surface area contributed by atoms with Crippen LogP contribution in [0.5, 0.6) is 0 Å². The molecule has 0 spiro atoms. The molecular formula is C26H28ClN3O4S. The Balaban J connectivity index is 1.54. The van der Waals surface area contributed by atoms with Gasteiger partial charge in [-0.25, -0.2) is 13.2 Å². The van der Waals surface area contributed by atoms with Crippen molar-refractivity contribution in [1.82, 2.24) is 14.2 Å². The number of benzene rings is 2. The lowest BCUT2D eigenvalue weighted by atomic mass is 10.1. The molecule has 1 amide bonds. The van der Waals surface area contributed by atoms with Crippen LogP contribution in [0.15, 0.2) is 84.0 Å². The number of pyridine rings is 1. The Bertz CT molecular complexity index is 1220. The predicted octanol–water partition coefficient (Wildman–Crippen LogP) is 5.29. The molecule has 184 valence electrons. The van der Waals surface area contributed by atoms with Gasteiger partial charge in [-0.2, -0.15) is 4.31 Å². The minimum atomic E-state index is -3.86. The standard InChI is InChI=1S/C26H28ClN3O4S/c1-2-29(18-20-14-16-28-17-15-20)26(31)34-19-23-10-13-25(21-6-4-3-5-7-21)30(23)35(32,33)24-11-8-22(27)9-12-24/h3-9,11-12,14-17,23,25H,2,10,13,18-19H2,1H3/t23-,25?/m1/s1. The minimum Gasteiger partial charge on any atom is -0.448 e. The third-order valence-corrected chi connectivity index (χ3v) is 8.40. The molecule has 0 bridgehead atoms. The Hall–Kier alpha value is -2.94. The van der Waals surface area contributed by atoms with Gasteiger partial charge in [-0.1, -0.05) is 41.9 Å². The van der Waals surface area contributed by atoms with Gasteiger partial charge in [0, 0.05) is 30.5 Å². The molecule has 4 rings (SSSR count). The van der Waals surface area contributed by atoms with Gasteiger partial charge in [0.2, 0.25) is 10.0 Å². The van der Waals surface area contributed by atoms with E-state index in [0.717, 1.165) is 11.1 Å². The third-order valence-electron chi connectivity index (χ3n) is 6.18. The second-order valence-electron chi connectivity index (χ2n) is 8.39. The molecule has 0 saturated carbocycles. The molecule has 0 radical (unpaired) electrons. The molecule has 3 aromatic rings. The molecule has 1 fully saturated rings. The summed E-state index contributed by atoms with van der Waals surface area (Å²) in [5, 5.41) is 0.462. The van der Waals surface area contributed by atoms with Gasteiger partial charge in [0.05, 0.1) is 17.0 Å². The van der Waals surface area contributed by atoms with E-state index in [0.29, 0.717) is 31.0 Å². The van der Waals surface area contributed by atoms with Gasteiger partial charge in [-0.3, -0.25) is 4.98 Å². The Morgan fingerprint density at radius 2 is 1.74 bits per heavy atom. The van der Waals surface area contributed by atoms with Crippen molar-refractivity contribution in [3.8, 4) is 0 Å². The summed E-state index contributed by atoms with van der Waals surface area (Å²) in [4.78, 5) is 18.6. The number of carbonyl (C=O) groups is 1. The van der Waals surface area contributed by atoms with Gasteiger partial charge >= 0.3 is 6.09 Å². The van der Waals surface area contributed by atoms with E-state index in [9.17, 15) is 13.2 Å². The Kier molecular flexibility index (Phi) is 8.05. The first-order valence-corrected chi connectivity index (χ1v) is 13.4. The molecule has 0 aliphatic carbocycles. The van der Waals surface area contributed by atoms with Crippen LogP contribution in [-0.2, 0) is 21.3 Å². The predicted molar refractivity (Wildman–Crippen MR) is 134 cm³/mol. The first-order valence-electron chi connectivity index (χ1n) is 11.5. The molecule has 2 aromatic carbocycles. The Morgan fingerprint density at radius 1 is 1.06 bits per heavy atom. The SMILES string of the molecule is CCN(Cc1ccncc1)C(=O)OC[C@H]1CCC(c2ccccc2)N1S(=O)(=O)c1ccc(Cl)cc1. The number of hydrogen-bond acceptors (Lipinski definition) is 5. The molecule has 2 heterocycles. The summed E-state index contributed by atoms with van der Waals surface area (Å²) < 4.78 is 34.6.